The Labute approximate surface area is 197 Å². The number of hydrogen-bond donors (Lipinski definition) is 1. The molecule has 4 rings (SSSR count). The molecule has 0 spiro atoms. The highest BCUT2D eigenvalue weighted by atomic mass is 32.2. The molecule has 1 unspecified atom stereocenters. The maximum Gasteiger partial charge on any atom is 0.252 e. The summed E-state index contributed by atoms with van der Waals surface area (Å²) in [7, 11) is -3.55. The van der Waals surface area contributed by atoms with E-state index in [-0.39, 0.29) is 38.0 Å². The van der Waals surface area contributed by atoms with Crippen molar-refractivity contribution in [3.05, 3.63) is 89.3 Å². The number of carbonyl (C=O) groups is 2. The Kier molecular flexibility index (Phi) is 7.22. The number of sulfonamides is 1. The van der Waals surface area contributed by atoms with Gasteiger partial charge in [-0.1, -0.05) is 54.6 Å². The first kappa shape index (κ1) is 23.2. The molecule has 9 heteroatoms. The van der Waals surface area contributed by atoms with Crippen LogP contribution in [0.2, 0.25) is 0 Å². The van der Waals surface area contributed by atoms with Crippen molar-refractivity contribution in [3.63, 3.8) is 0 Å². The van der Waals surface area contributed by atoms with Crippen molar-refractivity contribution in [3.8, 4) is 0 Å². The summed E-state index contributed by atoms with van der Waals surface area (Å²) in [6.45, 7) is 0.985. The molecule has 1 aliphatic heterocycles. The topological polar surface area (TPSA) is 86.8 Å². The van der Waals surface area contributed by atoms with Crippen LogP contribution < -0.4 is 5.32 Å². The number of piperazine rings is 1. The lowest BCUT2D eigenvalue weighted by molar-refractivity contribution is -0.134. The van der Waals surface area contributed by atoms with Gasteiger partial charge in [0.1, 0.15) is 10.3 Å². The van der Waals surface area contributed by atoms with Gasteiger partial charge in [-0.05, 0) is 29.1 Å². The molecule has 2 heterocycles. The summed E-state index contributed by atoms with van der Waals surface area (Å²) in [6, 6.07) is 20.8. The van der Waals surface area contributed by atoms with Crippen molar-refractivity contribution in [2.75, 3.05) is 26.2 Å². The smallest absolute Gasteiger partial charge is 0.252 e. The number of nitrogens with one attached hydrogen (secondary N) is 1. The maximum absolute atomic E-state index is 13.4. The fraction of sp³-hybridized carbons (Fsp3) is 0.250. The van der Waals surface area contributed by atoms with Gasteiger partial charge in [-0.25, -0.2) is 8.42 Å². The van der Waals surface area contributed by atoms with Gasteiger partial charge in [-0.2, -0.15) is 4.31 Å². The predicted octanol–water partition coefficient (Wildman–Crippen LogP) is 2.62. The van der Waals surface area contributed by atoms with Gasteiger partial charge in [0, 0.05) is 38.2 Å². The molecule has 1 aromatic heterocycles. The van der Waals surface area contributed by atoms with Crippen molar-refractivity contribution in [1.82, 2.24) is 14.5 Å². The van der Waals surface area contributed by atoms with E-state index in [0.29, 0.717) is 16.2 Å². The highest BCUT2D eigenvalue weighted by Crippen LogP contribution is 2.22. The van der Waals surface area contributed by atoms with Crippen molar-refractivity contribution in [2.45, 2.75) is 16.7 Å². The molecule has 1 aliphatic rings. The minimum Gasteiger partial charge on any atom is -0.340 e. The lowest BCUT2D eigenvalue weighted by atomic mass is 10.0. The van der Waals surface area contributed by atoms with Crippen LogP contribution in [0.4, 0.5) is 0 Å². The molecule has 7 nitrogen and oxygen atoms in total. The Hall–Kier alpha value is -3.01. The first-order valence-electron chi connectivity index (χ1n) is 10.7. The van der Waals surface area contributed by atoms with E-state index in [4.69, 9.17) is 0 Å². The summed E-state index contributed by atoms with van der Waals surface area (Å²) in [4.78, 5) is 27.8. The zero-order chi connectivity index (χ0) is 23.3. The van der Waals surface area contributed by atoms with E-state index in [2.05, 4.69) is 5.32 Å². The van der Waals surface area contributed by atoms with Gasteiger partial charge in [0.05, 0.1) is 0 Å². The van der Waals surface area contributed by atoms with Gasteiger partial charge in [0.15, 0.2) is 0 Å². The van der Waals surface area contributed by atoms with Crippen LogP contribution in [0.15, 0.2) is 82.4 Å². The van der Waals surface area contributed by atoms with E-state index in [1.165, 1.54) is 15.6 Å². The molecule has 1 fully saturated rings. The third-order valence-electron chi connectivity index (χ3n) is 5.56. The monoisotopic (exact) mass is 483 g/mol. The molecule has 33 heavy (non-hydrogen) atoms. The van der Waals surface area contributed by atoms with Gasteiger partial charge in [0.25, 0.3) is 15.9 Å². The number of rotatable bonds is 7. The average molecular weight is 484 g/mol. The Bertz CT molecular complexity index is 1170. The number of amides is 2. The molecule has 0 aliphatic carbocycles. The van der Waals surface area contributed by atoms with Crippen LogP contribution in [0.5, 0.6) is 0 Å². The zero-order valence-corrected chi connectivity index (χ0v) is 19.6. The summed E-state index contributed by atoms with van der Waals surface area (Å²) >= 11 is 1.18. The van der Waals surface area contributed by atoms with E-state index in [1.54, 1.807) is 46.7 Å². The summed E-state index contributed by atoms with van der Waals surface area (Å²) in [5, 5.41) is 4.61. The molecule has 1 atom stereocenters. The summed E-state index contributed by atoms with van der Waals surface area (Å²) in [5.41, 5.74) is 1.42. The minimum atomic E-state index is -3.55. The molecule has 0 bridgehead atoms. The lowest BCUT2D eigenvalue weighted by Gasteiger charge is -2.35. The molecule has 0 saturated carbocycles. The molecule has 0 radical (unpaired) electrons. The number of thiophene rings is 1. The van der Waals surface area contributed by atoms with Crippen LogP contribution in [0.25, 0.3) is 0 Å². The van der Waals surface area contributed by atoms with Crippen LogP contribution in [0.3, 0.4) is 0 Å². The van der Waals surface area contributed by atoms with Crippen LogP contribution >= 0.6 is 11.3 Å². The Morgan fingerprint density at radius 1 is 0.879 bits per heavy atom. The van der Waals surface area contributed by atoms with E-state index in [0.717, 1.165) is 5.56 Å². The molecular formula is C24H25N3O4S2. The molecule has 2 amide bonds. The maximum atomic E-state index is 13.4. The highest BCUT2D eigenvalue weighted by Gasteiger charge is 2.33. The van der Waals surface area contributed by atoms with Gasteiger partial charge in [0.2, 0.25) is 5.91 Å². The van der Waals surface area contributed by atoms with Crippen LogP contribution in [-0.4, -0.2) is 61.7 Å². The van der Waals surface area contributed by atoms with Gasteiger partial charge >= 0.3 is 0 Å². The first-order valence-corrected chi connectivity index (χ1v) is 13.0. The van der Waals surface area contributed by atoms with Crippen molar-refractivity contribution in [2.24, 2.45) is 0 Å². The molecule has 172 valence electrons. The van der Waals surface area contributed by atoms with E-state index in [1.807, 2.05) is 36.4 Å². The Morgan fingerprint density at radius 3 is 2.12 bits per heavy atom. The second kappa shape index (κ2) is 10.3. The van der Waals surface area contributed by atoms with Crippen molar-refractivity contribution < 1.29 is 18.0 Å². The quantitative estimate of drug-likeness (QED) is 0.560. The molecule has 2 aromatic carbocycles. The normalized spacial score (nSPS) is 15.7. The minimum absolute atomic E-state index is 0.212. The summed E-state index contributed by atoms with van der Waals surface area (Å²) < 4.78 is 27.3. The number of nitrogens with zero attached hydrogens (tertiary/aromatic N) is 2. The van der Waals surface area contributed by atoms with E-state index in [9.17, 15) is 18.0 Å². The first-order chi connectivity index (χ1) is 15.9. The highest BCUT2D eigenvalue weighted by molar-refractivity contribution is 7.91. The van der Waals surface area contributed by atoms with Gasteiger partial charge < -0.3 is 10.2 Å². The van der Waals surface area contributed by atoms with Crippen LogP contribution in [-0.2, 0) is 21.2 Å². The number of carbonyl (C=O) groups excluding carboxylic acids is 2. The SMILES string of the molecule is O=C(NC(Cc1ccccc1)C(=O)N1CCN(S(=O)(=O)c2cccs2)CC1)c1ccccc1. The Morgan fingerprint density at radius 2 is 1.52 bits per heavy atom. The van der Waals surface area contributed by atoms with Crippen LogP contribution in [0.1, 0.15) is 15.9 Å². The predicted molar refractivity (Wildman–Crippen MR) is 128 cm³/mol. The summed E-state index contributed by atoms with van der Waals surface area (Å²) in [6.07, 6.45) is 0.353. The van der Waals surface area contributed by atoms with Crippen molar-refractivity contribution in [1.29, 1.82) is 0 Å². The van der Waals surface area contributed by atoms with Gasteiger partial charge in [-0.3, -0.25) is 9.59 Å². The lowest BCUT2D eigenvalue weighted by Crippen LogP contribution is -2.56. The molecular weight excluding hydrogens is 458 g/mol. The third-order valence-corrected chi connectivity index (χ3v) is 8.83. The Balaban J connectivity index is 1.46. The third kappa shape index (κ3) is 5.50. The van der Waals surface area contributed by atoms with Gasteiger partial charge in [-0.15, -0.1) is 11.3 Å². The largest absolute Gasteiger partial charge is 0.340 e. The summed E-state index contributed by atoms with van der Waals surface area (Å²) in [5.74, 6) is -0.528. The fourth-order valence-corrected chi connectivity index (χ4v) is 6.35. The molecule has 1 saturated heterocycles. The number of benzene rings is 2. The number of hydrogen-bond acceptors (Lipinski definition) is 5. The standard InChI is InChI=1S/C24H25N3O4S2/c28-23(20-10-5-2-6-11-20)25-21(18-19-8-3-1-4-9-19)24(29)26-13-15-27(16-14-26)33(30,31)22-12-7-17-32-22/h1-12,17,21H,13-16,18H2,(H,25,28). The van der Waals surface area contributed by atoms with Crippen molar-refractivity contribution >= 4 is 33.2 Å². The molecule has 3 aromatic rings. The van der Waals surface area contributed by atoms with E-state index < -0.39 is 16.1 Å². The average Bonchev–Trinajstić information content (AvgIpc) is 3.40. The second-order valence-electron chi connectivity index (χ2n) is 7.74. The van der Waals surface area contributed by atoms with Crippen LogP contribution in [0, 0.1) is 0 Å². The second-order valence-corrected chi connectivity index (χ2v) is 10.9. The van der Waals surface area contributed by atoms with E-state index >= 15 is 0 Å². The fourth-order valence-electron chi connectivity index (χ4n) is 3.79. The zero-order valence-electron chi connectivity index (χ0n) is 18.0. The molecule has 1 N–H and O–H groups in total.